The van der Waals surface area contributed by atoms with E-state index in [1.165, 1.54) is 16.9 Å². The highest BCUT2D eigenvalue weighted by Crippen LogP contribution is 2.62. The lowest BCUT2D eigenvalue weighted by Crippen LogP contribution is -2.29. The number of fused-ring (bicyclic) bond motifs is 1. The quantitative estimate of drug-likeness (QED) is 0.246. The number of hydrogen-bond donors (Lipinski definition) is 3. The SMILES string of the molecule is COc1ccc(NC(=S)Nc2ccc3c(c2)C(SC)(SC)CC(SC)[SH]3C)cc1. The Kier molecular flexibility index (Phi) is 8.00. The normalized spacial score (nSPS) is 21.1. The molecule has 2 atom stereocenters. The minimum absolute atomic E-state index is 0.0978. The van der Waals surface area contributed by atoms with Gasteiger partial charge < -0.3 is 15.4 Å². The Hall–Kier alpha value is -0.670. The largest absolute Gasteiger partial charge is 0.497 e. The van der Waals surface area contributed by atoms with Crippen molar-refractivity contribution >= 4 is 74.9 Å². The van der Waals surface area contributed by atoms with Crippen LogP contribution in [-0.4, -0.2) is 41.8 Å². The van der Waals surface area contributed by atoms with Crippen LogP contribution in [0.15, 0.2) is 47.4 Å². The molecule has 2 aromatic carbocycles. The first kappa shape index (κ1) is 23.0. The van der Waals surface area contributed by atoms with Crippen LogP contribution in [0.3, 0.4) is 0 Å². The summed E-state index contributed by atoms with van der Waals surface area (Å²) in [6.45, 7) is 0. The summed E-state index contributed by atoms with van der Waals surface area (Å²) in [4.78, 5) is 1.52. The number of hydrogen-bond acceptors (Lipinski definition) is 5. The molecule has 0 fully saturated rings. The van der Waals surface area contributed by atoms with E-state index in [0.29, 0.717) is 9.69 Å². The number of methoxy groups -OCH3 is 1. The number of anilines is 2. The van der Waals surface area contributed by atoms with Crippen LogP contribution in [0.1, 0.15) is 12.0 Å². The fourth-order valence-electron chi connectivity index (χ4n) is 3.54. The second-order valence-corrected chi connectivity index (χ2v) is 13.3. The standard InChI is InChI=1S/C21H28N2OS5/c1-24-16-9-6-14(7-10-16)22-20(25)23-15-8-11-18-17(12-15)21(27-3,28-4)13-19(26-2)29(18)5/h6-12,19,29H,13H2,1-5H3,(H2,22,23,25). The first-order valence-corrected chi connectivity index (χ1v) is 15.2. The molecule has 0 saturated heterocycles. The second kappa shape index (κ2) is 10.1. The van der Waals surface area contributed by atoms with Gasteiger partial charge in [0.1, 0.15) is 5.75 Å². The molecule has 158 valence electrons. The summed E-state index contributed by atoms with van der Waals surface area (Å²) in [6, 6.07) is 14.5. The lowest BCUT2D eigenvalue weighted by atomic mass is 10.1. The molecule has 0 saturated carbocycles. The van der Waals surface area contributed by atoms with E-state index >= 15 is 0 Å². The first-order chi connectivity index (χ1) is 14.0. The van der Waals surface area contributed by atoms with E-state index in [2.05, 4.69) is 53.9 Å². The van der Waals surface area contributed by atoms with Crippen molar-refractivity contribution in [3.05, 3.63) is 48.0 Å². The molecule has 0 aliphatic carbocycles. The fourth-order valence-corrected chi connectivity index (χ4v) is 10.3. The molecule has 2 N–H and O–H groups in total. The van der Waals surface area contributed by atoms with Gasteiger partial charge in [0.25, 0.3) is 0 Å². The Bertz CT molecular complexity index is 855. The molecule has 2 aromatic rings. The van der Waals surface area contributed by atoms with Gasteiger partial charge in [-0.2, -0.15) is 11.8 Å². The van der Waals surface area contributed by atoms with E-state index in [-0.39, 0.29) is 15.0 Å². The summed E-state index contributed by atoms with van der Waals surface area (Å²) in [7, 11) is 1.49. The van der Waals surface area contributed by atoms with E-state index in [1.807, 2.05) is 59.6 Å². The highest BCUT2D eigenvalue weighted by atomic mass is 32.2. The molecule has 2 unspecified atom stereocenters. The zero-order valence-electron chi connectivity index (χ0n) is 17.3. The highest BCUT2D eigenvalue weighted by molar-refractivity contribution is 8.27. The molecule has 0 bridgehead atoms. The first-order valence-electron chi connectivity index (χ1n) is 9.19. The molecule has 0 radical (unpaired) electrons. The molecule has 8 heteroatoms. The molecule has 29 heavy (non-hydrogen) atoms. The summed E-state index contributed by atoms with van der Waals surface area (Å²) in [5.41, 5.74) is 3.42. The van der Waals surface area contributed by atoms with Gasteiger partial charge in [-0.15, -0.1) is 23.5 Å². The smallest absolute Gasteiger partial charge is 0.175 e. The third-order valence-electron chi connectivity index (χ3n) is 5.20. The van der Waals surface area contributed by atoms with Crippen molar-refractivity contribution in [1.82, 2.24) is 0 Å². The lowest BCUT2D eigenvalue weighted by molar-refractivity contribution is 0.415. The monoisotopic (exact) mass is 484 g/mol. The fraction of sp³-hybridized carbons (Fsp3) is 0.381. The topological polar surface area (TPSA) is 33.3 Å². The molecular weight excluding hydrogens is 457 g/mol. The van der Waals surface area contributed by atoms with Crippen LogP contribution >= 0.6 is 58.4 Å². The third kappa shape index (κ3) is 4.98. The zero-order chi connectivity index (χ0) is 21.0. The van der Waals surface area contributed by atoms with Crippen molar-refractivity contribution in [2.45, 2.75) is 20.0 Å². The van der Waals surface area contributed by atoms with Crippen molar-refractivity contribution in [2.24, 2.45) is 0 Å². The zero-order valence-corrected chi connectivity index (χ0v) is 21.5. The van der Waals surface area contributed by atoms with Crippen molar-refractivity contribution in [3.63, 3.8) is 0 Å². The molecule has 0 amide bonds. The van der Waals surface area contributed by atoms with Gasteiger partial charge in [-0.3, -0.25) is 0 Å². The predicted molar refractivity (Wildman–Crippen MR) is 143 cm³/mol. The summed E-state index contributed by atoms with van der Waals surface area (Å²) in [5, 5.41) is 7.21. The van der Waals surface area contributed by atoms with Crippen LogP contribution in [0.2, 0.25) is 0 Å². The molecule has 3 rings (SSSR count). The van der Waals surface area contributed by atoms with Gasteiger partial charge in [-0.25, -0.2) is 10.9 Å². The van der Waals surface area contributed by atoms with Gasteiger partial charge in [-0.1, -0.05) is 0 Å². The average Bonchev–Trinajstić information content (AvgIpc) is 2.75. The summed E-state index contributed by atoms with van der Waals surface area (Å²) in [5.74, 6) is 0.828. The van der Waals surface area contributed by atoms with E-state index < -0.39 is 0 Å². The Labute approximate surface area is 195 Å². The van der Waals surface area contributed by atoms with Gasteiger partial charge in [0, 0.05) is 16.0 Å². The second-order valence-electron chi connectivity index (χ2n) is 6.71. The summed E-state index contributed by atoms with van der Waals surface area (Å²) < 4.78 is 6.01. The Morgan fingerprint density at radius 3 is 2.28 bits per heavy atom. The van der Waals surface area contributed by atoms with Crippen molar-refractivity contribution in [2.75, 3.05) is 42.8 Å². The number of thiocarbonyl (C=S) groups is 1. The van der Waals surface area contributed by atoms with Crippen molar-refractivity contribution in [3.8, 4) is 5.75 Å². The lowest BCUT2D eigenvalue weighted by Gasteiger charge is -2.45. The molecule has 0 aromatic heterocycles. The van der Waals surface area contributed by atoms with Gasteiger partial charge >= 0.3 is 0 Å². The maximum Gasteiger partial charge on any atom is 0.175 e. The number of thiol groups is 1. The predicted octanol–water partition coefficient (Wildman–Crippen LogP) is 6.47. The molecular formula is C21H28N2OS5. The molecule has 1 aliphatic rings. The van der Waals surface area contributed by atoms with E-state index in [1.54, 1.807) is 7.11 Å². The minimum Gasteiger partial charge on any atom is -0.497 e. The van der Waals surface area contributed by atoms with E-state index in [9.17, 15) is 0 Å². The van der Waals surface area contributed by atoms with Gasteiger partial charge in [0.15, 0.2) is 5.11 Å². The van der Waals surface area contributed by atoms with Crippen molar-refractivity contribution < 1.29 is 4.74 Å². The molecule has 0 spiro atoms. The maximum absolute atomic E-state index is 5.55. The van der Waals surface area contributed by atoms with E-state index in [4.69, 9.17) is 17.0 Å². The van der Waals surface area contributed by atoms with Crippen LogP contribution in [0.4, 0.5) is 11.4 Å². The van der Waals surface area contributed by atoms with Crippen LogP contribution < -0.4 is 15.4 Å². The minimum atomic E-state index is -0.170. The van der Waals surface area contributed by atoms with Crippen LogP contribution in [0.25, 0.3) is 0 Å². The number of nitrogens with one attached hydrogen (secondary N) is 2. The van der Waals surface area contributed by atoms with Crippen LogP contribution in [0.5, 0.6) is 5.75 Å². The highest BCUT2D eigenvalue weighted by Gasteiger charge is 2.41. The third-order valence-corrected chi connectivity index (χ3v) is 13.0. The van der Waals surface area contributed by atoms with Gasteiger partial charge in [0.2, 0.25) is 0 Å². The van der Waals surface area contributed by atoms with Crippen LogP contribution in [0, 0.1) is 0 Å². The number of thioether (sulfide) groups is 3. The average molecular weight is 485 g/mol. The Morgan fingerprint density at radius 1 is 1.07 bits per heavy atom. The number of benzene rings is 2. The van der Waals surface area contributed by atoms with Crippen LogP contribution in [-0.2, 0) is 4.08 Å². The van der Waals surface area contributed by atoms with Gasteiger partial charge in [-0.05, 0) is 96.6 Å². The van der Waals surface area contributed by atoms with E-state index in [0.717, 1.165) is 17.1 Å². The Morgan fingerprint density at radius 2 is 1.69 bits per heavy atom. The molecule has 3 nitrogen and oxygen atoms in total. The summed E-state index contributed by atoms with van der Waals surface area (Å²) in [6.07, 6.45) is 10.3. The number of rotatable bonds is 6. The van der Waals surface area contributed by atoms with Gasteiger partial charge in [0.05, 0.1) is 11.2 Å². The number of ether oxygens (including phenoxy) is 1. The summed E-state index contributed by atoms with van der Waals surface area (Å²) >= 11 is 11.5. The van der Waals surface area contributed by atoms with Crippen molar-refractivity contribution in [1.29, 1.82) is 0 Å². The molecule has 1 heterocycles. The Balaban J connectivity index is 1.82. The molecule has 1 aliphatic heterocycles. The maximum atomic E-state index is 5.55.